The average molecular weight is 360 g/mol. The Morgan fingerprint density at radius 1 is 1.04 bits per heavy atom. The third-order valence-electron chi connectivity index (χ3n) is 3.17. The number of carboxylic acids is 1. The summed E-state index contributed by atoms with van der Waals surface area (Å²) in [4.78, 5) is 22.5. The Balaban J connectivity index is 1.95. The minimum Gasteiger partial charge on any atom is -0.550 e. The topological polar surface area (TPSA) is 90.8 Å². The fourth-order valence-electron chi connectivity index (χ4n) is 1.96. The summed E-state index contributed by atoms with van der Waals surface area (Å²) < 4.78 is 5.31. The van der Waals surface area contributed by atoms with E-state index in [1.165, 1.54) is 0 Å². The maximum atomic E-state index is 11.9. The molecular formula is C18H16ClN2O4-. The quantitative estimate of drug-likeness (QED) is 0.574. The van der Waals surface area contributed by atoms with Crippen LogP contribution in [0.2, 0.25) is 5.02 Å². The van der Waals surface area contributed by atoms with Crippen LogP contribution in [0.1, 0.15) is 18.4 Å². The van der Waals surface area contributed by atoms with Crippen molar-refractivity contribution in [3.63, 3.8) is 0 Å². The van der Waals surface area contributed by atoms with Gasteiger partial charge in [0.2, 0.25) is 0 Å². The molecule has 0 unspecified atom stereocenters. The number of benzene rings is 2. The van der Waals surface area contributed by atoms with E-state index in [0.29, 0.717) is 16.5 Å². The number of carbonyl (C=O) groups excluding carboxylic acids is 2. The predicted molar refractivity (Wildman–Crippen MR) is 92.3 cm³/mol. The molecule has 0 radical (unpaired) electrons. The zero-order valence-corrected chi connectivity index (χ0v) is 14.0. The second-order valence-corrected chi connectivity index (χ2v) is 5.51. The van der Waals surface area contributed by atoms with Crippen LogP contribution in [0.3, 0.4) is 0 Å². The van der Waals surface area contributed by atoms with Crippen LogP contribution in [0.15, 0.2) is 59.7 Å². The van der Waals surface area contributed by atoms with Gasteiger partial charge in [0.25, 0.3) is 5.91 Å². The van der Waals surface area contributed by atoms with Gasteiger partial charge in [-0.15, -0.1) is 0 Å². The van der Waals surface area contributed by atoms with Gasteiger partial charge in [0, 0.05) is 11.0 Å². The normalized spacial score (nSPS) is 11.0. The van der Waals surface area contributed by atoms with Crippen molar-refractivity contribution in [3.8, 4) is 5.75 Å². The van der Waals surface area contributed by atoms with E-state index in [0.717, 1.165) is 5.56 Å². The van der Waals surface area contributed by atoms with Crippen molar-refractivity contribution in [3.05, 3.63) is 65.2 Å². The zero-order valence-electron chi connectivity index (χ0n) is 13.3. The fourth-order valence-corrected chi connectivity index (χ4v) is 2.08. The second-order valence-electron chi connectivity index (χ2n) is 5.07. The number of hydrogen-bond donors (Lipinski definition) is 1. The van der Waals surface area contributed by atoms with E-state index in [-0.39, 0.29) is 19.4 Å². The van der Waals surface area contributed by atoms with E-state index < -0.39 is 11.9 Å². The molecular weight excluding hydrogens is 344 g/mol. The highest BCUT2D eigenvalue weighted by molar-refractivity contribution is 6.30. The molecule has 1 amide bonds. The van der Waals surface area contributed by atoms with Crippen molar-refractivity contribution in [2.45, 2.75) is 12.8 Å². The van der Waals surface area contributed by atoms with Crippen LogP contribution in [0.4, 0.5) is 0 Å². The Kier molecular flexibility index (Phi) is 6.98. The van der Waals surface area contributed by atoms with Crippen LogP contribution < -0.4 is 15.3 Å². The first-order chi connectivity index (χ1) is 12.0. The highest BCUT2D eigenvalue weighted by atomic mass is 35.5. The maximum absolute atomic E-state index is 11.9. The Labute approximate surface area is 150 Å². The summed E-state index contributed by atoms with van der Waals surface area (Å²) in [6.45, 7) is -0.228. The number of carbonyl (C=O) groups is 2. The van der Waals surface area contributed by atoms with Gasteiger partial charge in [-0.05, 0) is 42.7 Å². The summed E-state index contributed by atoms with van der Waals surface area (Å²) in [6, 6.07) is 15.6. The summed E-state index contributed by atoms with van der Waals surface area (Å²) >= 11 is 5.77. The van der Waals surface area contributed by atoms with E-state index in [1.807, 2.05) is 6.07 Å². The molecule has 2 aromatic carbocycles. The Morgan fingerprint density at radius 2 is 1.72 bits per heavy atom. The number of nitrogens with one attached hydrogen (secondary N) is 1. The molecule has 0 fully saturated rings. The molecule has 0 aliphatic rings. The lowest BCUT2D eigenvalue weighted by atomic mass is 10.1. The molecule has 0 saturated heterocycles. The number of halogens is 1. The first-order valence-electron chi connectivity index (χ1n) is 7.53. The second kappa shape index (κ2) is 9.44. The molecule has 0 saturated carbocycles. The lowest BCUT2D eigenvalue weighted by Gasteiger charge is -2.09. The number of amides is 1. The first-order valence-corrected chi connectivity index (χ1v) is 7.91. The third kappa shape index (κ3) is 6.64. The van der Waals surface area contributed by atoms with Crippen LogP contribution in [-0.2, 0) is 9.59 Å². The molecule has 0 aromatic heterocycles. The molecule has 0 spiro atoms. The van der Waals surface area contributed by atoms with Gasteiger partial charge in [-0.2, -0.15) is 5.10 Å². The van der Waals surface area contributed by atoms with E-state index in [2.05, 4.69) is 10.5 Å². The number of carboxylic acid groups (broad SMARTS) is 1. The molecule has 2 aromatic rings. The van der Waals surface area contributed by atoms with Crippen molar-refractivity contribution < 1.29 is 19.4 Å². The number of hydrazone groups is 1. The smallest absolute Gasteiger partial charge is 0.277 e. The Morgan fingerprint density at radius 3 is 2.36 bits per heavy atom. The summed E-state index contributed by atoms with van der Waals surface area (Å²) in [5, 5.41) is 15.3. The van der Waals surface area contributed by atoms with Gasteiger partial charge < -0.3 is 14.6 Å². The van der Waals surface area contributed by atoms with Crippen LogP contribution in [0.5, 0.6) is 5.75 Å². The molecule has 0 aliphatic carbocycles. The molecule has 6 nitrogen and oxygen atoms in total. The molecule has 7 heteroatoms. The molecule has 25 heavy (non-hydrogen) atoms. The molecule has 0 aliphatic heterocycles. The fraction of sp³-hybridized carbons (Fsp3) is 0.167. The van der Waals surface area contributed by atoms with E-state index >= 15 is 0 Å². The lowest BCUT2D eigenvalue weighted by Crippen LogP contribution is -2.27. The van der Waals surface area contributed by atoms with Crippen molar-refractivity contribution >= 4 is 29.2 Å². The maximum Gasteiger partial charge on any atom is 0.277 e. The molecule has 0 atom stereocenters. The van der Waals surface area contributed by atoms with Crippen molar-refractivity contribution in [2.75, 3.05) is 6.61 Å². The largest absolute Gasteiger partial charge is 0.550 e. The van der Waals surface area contributed by atoms with Gasteiger partial charge in [0.05, 0.1) is 5.71 Å². The number of hydrogen-bond acceptors (Lipinski definition) is 5. The summed E-state index contributed by atoms with van der Waals surface area (Å²) in [7, 11) is 0. The SMILES string of the molecule is O=C([O-])CC/C(=N/NC(=O)COc1ccc(Cl)cc1)c1ccccc1. The predicted octanol–water partition coefficient (Wildman–Crippen LogP) is 1.77. The van der Waals surface area contributed by atoms with Gasteiger partial charge in [0.1, 0.15) is 5.75 Å². The Hall–Kier alpha value is -2.86. The lowest BCUT2D eigenvalue weighted by molar-refractivity contribution is -0.305. The number of aliphatic carboxylic acids is 1. The summed E-state index contributed by atoms with van der Waals surface area (Å²) in [6.07, 6.45) is -0.0461. The molecule has 1 N–H and O–H groups in total. The minimum absolute atomic E-state index is 0.144. The monoisotopic (exact) mass is 359 g/mol. The number of ether oxygens (including phenoxy) is 1. The van der Waals surface area contributed by atoms with Gasteiger partial charge in [-0.1, -0.05) is 41.9 Å². The van der Waals surface area contributed by atoms with Crippen LogP contribution >= 0.6 is 11.6 Å². The van der Waals surface area contributed by atoms with Crippen LogP contribution in [0, 0.1) is 0 Å². The molecule has 2 rings (SSSR count). The number of rotatable bonds is 8. The van der Waals surface area contributed by atoms with Crippen molar-refractivity contribution in [2.24, 2.45) is 5.10 Å². The van der Waals surface area contributed by atoms with E-state index in [1.54, 1.807) is 48.5 Å². The van der Waals surface area contributed by atoms with Crippen LogP contribution in [-0.4, -0.2) is 24.2 Å². The minimum atomic E-state index is -1.18. The molecule has 0 bridgehead atoms. The summed E-state index contributed by atoms with van der Waals surface area (Å²) in [5.41, 5.74) is 3.54. The van der Waals surface area contributed by atoms with Gasteiger partial charge in [-0.25, -0.2) is 5.43 Å². The van der Waals surface area contributed by atoms with Crippen molar-refractivity contribution in [1.29, 1.82) is 0 Å². The average Bonchev–Trinajstić information content (AvgIpc) is 2.62. The highest BCUT2D eigenvalue weighted by Crippen LogP contribution is 2.15. The highest BCUT2D eigenvalue weighted by Gasteiger charge is 2.06. The standard InChI is InChI=1S/C18H17ClN2O4/c19-14-6-8-15(9-7-14)25-12-17(22)21-20-16(10-11-18(23)24)13-4-2-1-3-5-13/h1-9H,10-12H2,(H,21,22)(H,23,24)/p-1/b20-16-. The number of nitrogens with zero attached hydrogens (tertiary/aromatic N) is 1. The van der Waals surface area contributed by atoms with E-state index in [4.69, 9.17) is 16.3 Å². The van der Waals surface area contributed by atoms with Crippen LogP contribution in [0.25, 0.3) is 0 Å². The molecule has 130 valence electrons. The zero-order chi connectivity index (χ0) is 18.1. The summed E-state index contributed by atoms with van der Waals surface area (Å²) in [5.74, 6) is -1.14. The van der Waals surface area contributed by atoms with Gasteiger partial charge >= 0.3 is 0 Å². The Bertz CT molecular complexity index is 745. The van der Waals surface area contributed by atoms with Crippen molar-refractivity contribution in [1.82, 2.24) is 5.43 Å². The molecule has 0 heterocycles. The van der Waals surface area contributed by atoms with E-state index in [9.17, 15) is 14.7 Å². The van der Waals surface area contributed by atoms with Gasteiger partial charge in [-0.3, -0.25) is 4.79 Å². The third-order valence-corrected chi connectivity index (χ3v) is 3.42. The van der Waals surface area contributed by atoms with Gasteiger partial charge in [0.15, 0.2) is 6.61 Å². The first kappa shape index (κ1) is 18.5.